The van der Waals surface area contributed by atoms with E-state index in [1.54, 1.807) is 7.11 Å². The van der Waals surface area contributed by atoms with Crippen LogP contribution in [0.25, 0.3) is 0 Å². The van der Waals surface area contributed by atoms with Crippen LogP contribution in [0.2, 0.25) is 0 Å². The molecule has 4 heteroatoms. The minimum atomic E-state index is 0.0235. The normalized spacial score (nSPS) is 24.1. The van der Waals surface area contributed by atoms with Gasteiger partial charge in [0.05, 0.1) is 12.5 Å². The molecule has 0 bridgehead atoms. The Balaban J connectivity index is 1.64. The SMILES string of the molecule is COC[C@H]1C(=O)NCC12CCN(Cc1cc(C)ccc1C)CC2. The number of benzene rings is 1. The summed E-state index contributed by atoms with van der Waals surface area (Å²) in [6.45, 7) is 8.83. The van der Waals surface area contributed by atoms with E-state index in [1.807, 2.05) is 0 Å². The second-order valence-electron chi connectivity index (χ2n) is 7.29. The number of hydrogen-bond donors (Lipinski definition) is 1. The molecule has 3 rings (SSSR count). The number of amides is 1. The molecule has 2 heterocycles. The highest BCUT2D eigenvalue weighted by Crippen LogP contribution is 2.42. The van der Waals surface area contributed by atoms with E-state index in [1.165, 1.54) is 16.7 Å². The van der Waals surface area contributed by atoms with Crippen LogP contribution in [0.3, 0.4) is 0 Å². The molecule has 126 valence electrons. The minimum Gasteiger partial charge on any atom is -0.384 e. The van der Waals surface area contributed by atoms with Crippen molar-refractivity contribution in [3.63, 3.8) is 0 Å². The van der Waals surface area contributed by atoms with Gasteiger partial charge in [-0.2, -0.15) is 0 Å². The summed E-state index contributed by atoms with van der Waals surface area (Å²) in [4.78, 5) is 14.6. The zero-order chi connectivity index (χ0) is 16.4. The van der Waals surface area contributed by atoms with Crippen molar-refractivity contribution in [1.82, 2.24) is 10.2 Å². The largest absolute Gasteiger partial charge is 0.384 e. The van der Waals surface area contributed by atoms with E-state index >= 15 is 0 Å². The Bertz CT molecular complexity index is 577. The summed E-state index contributed by atoms with van der Waals surface area (Å²) in [5.41, 5.74) is 4.22. The van der Waals surface area contributed by atoms with Crippen LogP contribution in [-0.2, 0) is 16.1 Å². The highest BCUT2D eigenvalue weighted by atomic mass is 16.5. The van der Waals surface area contributed by atoms with E-state index in [0.29, 0.717) is 6.61 Å². The van der Waals surface area contributed by atoms with E-state index < -0.39 is 0 Å². The highest BCUT2D eigenvalue weighted by Gasteiger charge is 2.49. The summed E-state index contributed by atoms with van der Waals surface area (Å²) in [7, 11) is 1.69. The fraction of sp³-hybridized carbons (Fsp3) is 0.632. The highest BCUT2D eigenvalue weighted by molar-refractivity contribution is 5.82. The maximum atomic E-state index is 12.1. The molecule has 1 N–H and O–H groups in total. The van der Waals surface area contributed by atoms with E-state index in [9.17, 15) is 4.79 Å². The fourth-order valence-electron chi connectivity index (χ4n) is 4.10. The van der Waals surface area contributed by atoms with Gasteiger partial charge in [0.25, 0.3) is 0 Å². The van der Waals surface area contributed by atoms with Crippen molar-refractivity contribution in [2.24, 2.45) is 11.3 Å². The number of nitrogens with one attached hydrogen (secondary N) is 1. The maximum Gasteiger partial charge on any atom is 0.226 e. The summed E-state index contributed by atoms with van der Waals surface area (Å²) >= 11 is 0. The standard InChI is InChI=1S/C19H28N2O2/c1-14-4-5-15(2)16(10-14)11-21-8-6-19(7-9-21)13-20-18(22)17(19)12-23-3/h4-5,10,17H,6-9,11-13H2,1-3H3,(H,20,22)/t17-/m0/s1. The van der Waals surface area contributed by atoms with Crippen molar-refractivity contribution < 1.29 is 9.53 Å². The Kier molecular flexibility index (Phi) is 4.74. The summed E-state index contributed by atoms with van der Waals surface area (Å²) in [6.07, 6.45) is 2.15. The van der Waals surface area contributed by atoms with Gasteiger partial charge in [-0.1, -0.05) is 23.8 Å². The number of aryl methyl sites for hydroxylation is 2. The van der Waals surface area contributed by atoms with Crippen LogP contribution >= 0.6 is 0 Å². The van der Waals surface area contributed by atoms with Gasteiger partial charge < -0.3 is 10.1 Å². The molecule has 2 aliphatic rings. The number of hydrogen-bond acceptors (Lipinski definition) is 3. The minimum absolute atomic E-state index is 0.0235. The van der Waals surface area contributed by atoms with Gasteiger partial charge in [-0.25, -0.2) is 0 Å². The van der Waals surface area contributed by atoms with Crippen molar-refractivity contribution >= 4 is 5.91 Å². The zero-order valence-corrected chi connectivity index (χ0v) is 14.5. The van der Waals surface area contributed by atoms with E-state index in [4.69, 9.17) is 4.74 Å². The molecule has 1 atom stereocenters. The summed E-state index contributed by atoms with van der Waals surface area (Å²) < 4.78 is 5.30. The fourth-order valence-corrected chi connectivity index (χ4v) is 4.10. The first kappa shape index (κ1) is 16.5. The van der Waals surface area contributed by atoms with E-state index in [-0.39, 0.29) is 17.2 Å². The quantitative estimate of drug-likeness (QED) is 0.926. The summed E-state index contributed by atoms with van der Waals surface area (Å²) in [6, 6.07) is 6.69. The van der Waals surface area contributed by atoms with Gasteiger partial charge in [-0.15, -0.1) is 0 Å². The Morgan fingerprint density at radius 2 is 2.04 bits per heavy atom. The van der Waals surface area contributed by atoms with Gasteiger partial charge in [0.15, 0.2) is 0 Å². The number of likely N-dealkylation sites (tertiary alicyclic amines) is 1. The smallest absolute Gasteiger partial charge is 0.226 e. The lowest BCUT2D eigenvalue weighted by Gasteiger charge is -2.41. The summed E-state index contributed by atoms with van der Waals surface area (Å²) in [5, 5.41) is 3.06. The van der Waals surface area contributed by atoms with Gasteiger partial charge in [0.2, 0.25) is 5.91 Å². The third-order valence-electron chi connectivity index (χ3n) is 5.75. The lowest BCUT2D eigenvalue weighted by atomic mass is 9.71. The molecule has 2 saturated heterocycles. The monoisotopic (exact) mass is 316 g/mol. The Morgan fingerprint density at radius 1 is 1.30 bits per heavy atom. The van der Waals surface area contributed by atoms with E-state index in [2.05, 4.69) is 42.3 Å². The Hall–Kier alpha value is -1.39. The molecule has 0 aromatic heterocycles. The predicted molar refractivity (Wildman–Crippen MR) is 91.2 cm³/mol. The van der Waals surface area contributed by atoms with E-state index in [0.717, 1.165) is 39.0 Å². The number of methoxy groups -OCH3 is 1. The van der Waals surface area contributed by atoms with Crippen LogP contribution in [0.1, 0.15) is 29.5 Å². The lowest BCUT2D eigenvalue weighted by Crippen LogP contribution is -2.45. The molecule has 23 heavy (non-hydrogen) atoms. The van der Waals surface area contributed by atoms with Gasteiger partial charge >= 0.3 is 0 Å². The zero-order valence-electron chi connectivity index (χ0n) is 14.5. The van der Waals surface area contributed by atoms with Crippen molar-refractivity contribution in [3.8, 4) is 0 Å². The second kappa shape index (κ2) is 6.62. The number of nitrogens with zero attached hydrogens (tertiary/aromatic N) is 1. The number of carbonyl (C=O) groups excluding carboxylic acids is 1. The molecular formula is C19H28N2O2. The van der Waals surface area contributed by atoms with Gasteiger partial charge in [0.1, 0.15) is 0 Å². The average Bonchev–Trinajstić information content (AvgIpc) is 2.83. The van der Waals surface area contributed by atoms with Crippen molar-refractivity contribution in [1.29, 1.82) is 0 Å². The number of carbonyl (C=O) groups is 1. The first-order valence-corrected chi connectivity index (χ1v) is 8.59. The third-order valence-corrected chi connectivity index (χ3v) is 5.75. The molecule has 1 spiro atoms. The van der Waals surface area contributed by atoms with Gasteiger partial charge in [-0.05, 0) is 50.9 Å². The second-order valence-corrected chi connectivity index (χ2v) is 7.29. The molecule has 0 saturated carbocycles. The molecule has 4 nitrogen and oxygen atoms in total. The number of piperidine rings is 1. The van der Waals surface area contributed by atoms with Crippen molar-refractivity contribution in [2.75, 3.05) is 33.4 Å². The first-order valence-electron chi connectivity index (χ1n) is 8.59. The maximum absolute atomic E-state index is 12.1. The van der Waals surface area contributed by atoms with Crippen LogP contribution < -0.4 is 5.32 Å². The van der Waals surface area contributed by atoms with Crippen LogP contribution in [0.4, 0.5) is 0 Å². The average molecular weight is 316 g/mol. The lowest BCUT2D eigenvalue weighted by molar-refractivity contribution is -0.126. The van der Waals surface area contributed by atoms with Crippen molar-refractivity contribution in [3.05, 3.63) is 34.9 Å². The van der Waals surface area contributed by atoms with Gasteiger partial charge in [-0.3, -0.25) is 9.69 Å². The van der Waals surface area contributed by atoms with Crippen LogP contribution in [0.15, 0.2) is 18.2 Å². The van der Waals surface area contributed by atoms with Crippen LogP contribution in [0, 0.1) is 25.2 Å². The Labute approximate surface area is 139 Å². The Morgan fingerprint density at radius 3 is 2.74 bits per heavy atom. The molecule has 0 unspecified atom stereocenters. The topological polar surface area (TPSA) is 41.6 Å². The molecular weight excluding hydrogens is 288 g/mol. The summed E-state index contributed by atoms with van der Waals surface area (Å²) in [5.74, 6) is 0.199. The first-order chi connectivity index (χ1) is 11.0. The molecule has 2 fully saturated rings. The molecule has 2 aliphatic heterocycles. The third kappa shape index (κ3) is 3.29. The molecule has 1 aromatic rings. The number of rotatable bonds is 4. The van der Waals surface area contributed by atoms with Crippen molar-refractivity contribution in [2.45, 2.75) is 33.2 Å². The molecule has 0 radical (unpaired) electrons. The van der Waals surface area contributed by atoms with Gasteiger partial charge in [0, 0.05) is 25.6 Å². The molecule has 1 aromatic carbocycles. The van der Waals surface area contributed by atoms with Crippen LogP contribution in [0.5, 0.6) is 0 Å². The predicted octanol–water partition coefficient (Wildman–Crippen LogP) is 2.28. The molecule has 0 aliphatic carbocycles. The molecule has 1 amide bonds. The number of ether oxygens (including phenoxy) is 1. The van der Waals surface area contributed by atoms with Crippen LogP contribution in [-0.4, -0.2) is 44.2 Å².